The second-order valence-corrected chi connectivity index (χ2v) is 29.0. The van der Waals surface area contributed by atoms with Crippen molar-refractivity contribution in [2.75, 3.05) is 69.0 Å². The standard InChI is InChI=1S/C69H121N13O14/c1-25-27-29-44(15)58(96-54(84)36-71-60(86)48-30-28-31-70-48)57-63(89)74-47(26-2)65(91)76(18)37-53(83)77(19)49(32-38(3)4)62(88)75-55(42(11)12)68(94)78(20)50(33-39(5)6)61(87)72-45(16)59(85)73-46(17)64(90)79(21)51(34-40(7)8)66(92)80(22)52(35-41(9)10)67(93)81(23)56(43(13)14)69(95)82(57)24/h25,27,38-52,55-58,70H,26,28-37H2,1-24H3,(H,71,86)(H,72,87)(H,73,85)(H,74,89)(H,75,88)/p+1/b27-25+/t44-,45+,46-,47+,48+,49+,50+,51+,52+,55+,56+,57+,58-/m1/s1. The van der Waals surface area contributed by atoms with Crippen molar-refractivity contribution in [3.8, 4) is 0 Å². The van der Waals surface area contributed by atoms with Gasteiger partial charge in [-0.2, -0.15) is 0 Å². The van der Waals surface area contributed by atoms with E-state index in [2.05, 4.69) is 26.6 Å². The van der Waals surface area contributed by atoms with Crippen molar-refractivity contribution < 1.29 is 72.4 Å². The van der Waals surface area contributed by atoms with Crippen molar-refractivity contribution >= 4 is 76.9 Å². The van der Waals surface area contributed by atoms with E-state index >= 15 is 19.2 Å². The molecule has 0 spiro atoms. The Bertz CT molecular complexity index is 2710. The third-order valence-corrected chi connectivity index (χ3v) is 18.2. The SMILES string of the molecule is C/C=C/C[C@@H](C)[C@@H](OC(=O)CNC(=O)[C@@H]1CCC[NH2+]1)[C@H]1C(=O)N[C@@H](CC)C(=O)N(C)CC(=O)N(C)[C@@H](CC(C)C)C(=O)N[C@@H](C(C)C)C(=O)N(C)[C@@H](CC(C)C)C(=O)N[C@@H](C)C(=O)N[C@H](C)C(=O)N(C)[C@@H](CC(C)C)C(=O)N(C)[C@@H](CC(C)C)C(=O)N(C)[C@@H](C(C)C)C(=O)N1C. The molecule has 27 nitrogen and oxygen atoms in total. The number of hydrogen-bond donors (Lipinski definition) is 6. The number of carbonyl (C=O) groups is 13. The van der Waals surface area contributed by atoms with E-state index in [1.54, 1.807) is 60.6 Å². The summed E-state index contributed by atoms with van der Waals surface area (Å²) in [6.07, 6.45) is 4.15. The summed E-state index contributed by atoms with van der Waals surface area (Å²) >= 11 is 0. The molecule has 0 saturated carbocycles. The highest BCUT2D eigenvalue weighted by Crippen LogP contribution is 2.27. The highest BCUT2D eigenvalue weighted by Gasteiger charge is 2.47. The summed E-state index contributed by atoms with van der Waals surface area (Å²) in [5, 5.41) is 15.6. The molecule has 2 saturated heterocycles. The molecule has 0 unspecified atom stereocenters. The Labute approximate surface area is 572 Å². The lowest BCUT2D eigenvalue weighted by Gasteiger charge is -2.42. The number of nitrogens with zero attached hydrogens (tertiary/aromatic N) is 7. The van der Waals surface area contributed by atoms with E-state index < -0.39 is 174 Å². The van der Waals surface area contributed by atoms with E-state index in [9.17, 15) is 43.2 Å². The van der Waals surface area contributed by atoms with Gasteiger partial charge in [0.05, 0.1) is 13.1 Å². The largest absolute Gasteiger partial charge is 0.458 e. The van der Waals surface area contributed by atoms with Gasteiger partial charge in [0.25, 0.3) is 5.91 Å². The maximum absolute atomic E-state index is 15.7. The Hall–Kier alpha value is -7.19. The highest BCUT2D eigenvalue weighted by molar-refractivity contribution is 6.00. The molecule has 2 aliphatic rings. The van der Waals surface area contributed by atoms with Crippen LogP contribution in [0.25, 0.3) is 0 Å². The Kier molecular flexibility index (Phi) is 34.7. The van der Waals surface area contributed by atoms with Crippen LogP contribution in [0.4, 0.5) is 0 Å². The molecule has 0 aromatic rings. The summed E-state index contributed by atoms with van der Waals surface area (Å²) in [6, 6.07) is -13.3. The number of quaternary nitrogens is 1. The average Bonchev–Trinajstić information content (AvgIpc) is 0.984. The van der Waals surface area contributed by atoms with Gasteiger partial charge in [0.2, 0.25) is 65.0 Å². The van der Waals surface area contributed by atoms with E-state index in [1.807, 2.05) is 60.7 Å². The molecule has 0 bridgehead atoms. The first kappa shape index (κ1) is 84.9. The Morgan fingerprint density at radius 1 is 0.542 bits per heavy atom. The predicted octanol–water partition coefficient (Wildman–Crippen LogP) is 1.66. The summed E-state index contributed by atoms with van der Waals surface area (Å²) < 4.78 is 6.22. The van der Waals surface area contributed by atoms with E-state index in [-0.39, 0.29) is 68.1 Å². The number of esters is 1. The van der Waals surface area contributed by atoms with E-state index in [0.717, 1.165) is 22.8 Å². The van der Waals surface area contributed by atoms with Crippen LogP contribution in [-0.4, -0.2) is 253 Å². The molecular weight excluding hydrogens is 1230 g/mol. The number of hydrogen-bond acceptors (Lipinski definition) is 14. The van der Waals surface area contributed by atoms with Crippen molar-refractivity contribution in [2.24, 2.45) is 41.4 Å². The zero-order valence-corrected chi connectivity index (χ0v) is 62.3. The van der Waals surface area contributed by atoms with Crippen LogP contribution in [-0.2, 0) is 67.1 Å². The van der Waals surface area contributed by atoms with Crippen molar-refractivity contribution in [2.45, 2.75) is 242 Å². The topological polar surface area (TPSA) is 331 Å². The quantitative estimate of drug-likeness (QED) is 0.0792. The van der Waals surface area contributed by atoms with Gasteiger partial charge in [-0.05, 0) is 101 Å². The number of ether oxygens (including phenoxy) is 1. The minimum Gasteiger partial charge on any atom is -0.458 e. The molecule has 0 radical (unpaired) electrons. The maximum Gasteiger partial charge on any atom is 0.325 e. The van der Waals surface area contributed by atoms with Crippen LogP contribution in [0.15, 0.2) is 12.2 Å². The van der Waals surface area contributed by atoms with Crippen LogP contribution in [0, 0.1) is 41.4 Å². The number of nitrogens with one attached hydrogen (secondary N) is 5. The highest BCUT2D eigenvalue weighted by atomic mass is 16.5. The molecule has 0 aromatic carbocycles. The van der Waals surface area contributed by atoms with Gasteiger partial charge in [-0.3, -0.25) is 62.3 Å². The van der Waals surface area contributed by atoms with Gasteiger partial charge < -0.3 is 70.9 Å². The van der Waals surface area contributed by atoms with Gasteiger partial charge in [0.15, 0.2) is 6.04 Å². The number of carbonyl (C=O) groups excluding carboxylic acids is 13. The molecule has 2 rings (SSSR count). The fraction of sp³-hybridized carbons (Fsp3) is 0.783. The second kappa shape index (κ2) is 39.3. The zero-order valence-electron chi connectivity index (χ0n) is 62.3. The van der Waals surface area contributed by atoms with Gasteiger partial charge in [0.1, 0.15) is 73.1 Å². The van der Waals surface area contributed by atoms with Crippen molar-refractivity contribution in [3.63, 3.8) is 0 Å². The van der Waals surface area contributed by atoms with Crippen LogP contribution in [0.5, 0.6) is 0 Å². The minimum atomic E-state index is -1.73. The monoisotopic (exact) mass is 1360 g/mol. The molecule has 0 aromatic heterocycles. The molecule has 2 fully saturated rings. The predicted molar refractivity (Wildman–Crippen MR) is 365 cm³/mol. The van der Waals surface area contributed by atoms with Crippen LogP contribution >= 0.6 is 0 Å². The molecule has 96 heavy (non-hydrogen) atoms. The van der Waals surface area contributed by atoms with Crippen LogP contribution in [0.1, 0.15) is 169 Å². The summed E-state index contributed by atoms with van der Waals surface area (Å²) in [6.45, 7) is 29.2. The van der Waals surface area contributed by atoms with Gasteiger partial charge in [-0.25, -0.2) is 0 Å². The first-order chi connectivity index (χ1) is 44.6. The molecule has 2 aliphatic heterocycles. The van der Waals surface area contributed by atoms with Crippen molar-refractivity contribution in [1.82, 2.24) is 60.9 Å². The molecule has 2 heterocycles. The lowest BCUT2D eigenvalue weighted by Crippen LogP contribution is -2.89. The van der Waals surface area contributed by atoms with Crippen molar-refractivity contribution in [3.05, 3.63) is 12.2 Å². The third-order valence-electron chi connectivity index (χ3n) is 18.2. The lowest BCUT2D eigenvalue weighted by atomic mass is 9.91. The lowest BCUT2D eigenvalue weighted by molar-refractivity contribution is -0.657. The number of likely N-dealkylation sites (N-methyl/N-ethyl adjacent to an activating group) is 7. The van der Waals surface area contributed by atoms with Crippen LogP contribution < -0.4 is 31.9 Å². The second-order valence-electron chi connectivity index (χ2n) is 29.0. The van der Waals surface area contributed by atoms with Gasteiger partial charge >= 0.3 is 5.97 Å². The molecule has 13 atom stereocenters. The van der Waals surface area contributed by atoms with Crippen molar-refractivity contribution in [1.29, 1.82) is 0 Å². The van der Waals surface area contributed by atoms with Crippen LogP contribution in [0.2, 0.25) is 0 Å². The Morgan fingerprint density at radius 3 is 1.49 bits per heavy atom. The fourth-order valence-corrected chi connectivity index (χ4v) is 12.3. The molecular formula is C69H122N13O14+. The molecule has 27 heteroatoms. The minimum absolute atomic E-state index is 0.0480. The van der Waals surface area contributed by atoms with E-state index in [4.69, 9.17) is 4.74 Å². The Morgan fingerprint density at radius 2 is 1.01 bits per heavy atom. The van der Waals surface area contributed by atoms with Gasteiger partial charge in [-0.1, -0.05) is 109 Å². The summed E-state index contributed by atoms with van der Waals surface area (Å²) in [5.41, 5.74) is 0. The number of rotatable bonds is 19. The number of nitrogens with two attached hydrogens (primary N) is 1. The fourth-order valence-electron chi connectivity index (χ4n) is 12.3. The normalized spacial score (nSPS) is 26.6. The van der Waals surface area contributed by atoms with E-state index in [0.29, 0.717) is 6.42 Å². The summed E-state index contributed by atoms with van der Waals surface area (Å²) in [5.74, 6) is -11.8. The Balaban J connectivity index is 3.09. The smallest absolute Gasteiger partial charge is 0.325 e. The third kappa shape index (κ3) is 24.1. The van der Waals surface area contributed by atoms with Gasteiger partial charge in [0, 0.05) is 62.2 Å². The molecule has 0 aliphatic carbocycles. The molecule has 7 N–H and O–H groups in total. The number of amides is 12. The zero-order chi connectivity index (χ0) is 73.7. The molecule has 12 amide bonds. The van der Waals surface area contributed by atoms with Crippen LogP contribution in [0.3, 0.4) is 0 Å². The summed E-state index contributed by atoms with van der Waals surface area (Å²) in [4.78, 5) is 199. The first-order valence-corrected chi connectivity index (χ1v) is 34.5. The average molecular weight is 1360 g/mol. The number of allylic oxidation sites excluding steroid dienone is 2. The summed E-state index contributed by atoms with van der Waals surface area (Å²) in [7, 11) is 9.80. The maximum atomic E-state index is 15.7. The molecule has 546 valence electrons. The first-order valence-electron chi connectivity index (χ1n) is 34.5. The van der Waals surface area contributed by atoms with E-state index in [1.165, 1.54) is 87.7 Å². The van der Waals surface area contributed by atoms with Gasteiger partial charge in [-0.15, -0.1) is 0 Å².